The number of amides is 1. The summed E-state index contributed by atoms with van der Waals surface area (Å²) in [5, 5.41) is 4.14. The van der Waals surface area contributed by atoms with Crippen molar-refractivity contribution >= 4 is 5.91 Å². The molecule has 8 heteroatoms. The Labute approximate surface area is 123 Å². The highest BCUT2D eigenvalue weighted by Crippen LogP contribution is 2.19. The third kappa shape index (κ3) is 2.73. The third-order valence-corrected chi connectivity index (χ3v) is 4.13. The SMILES string of the molecule is COc1nc(C(=O)N2C[C@@H]3COC[C@H](C2)N(C)C3)nn1C. The minimum atomic E-state index is -0.138. The third-order valence-electron chi connectivity index (χ3n) is 4.13. The fourth-order valence-electron chi connectivity index (χ4n) is 3.00. The van der Waals surface area contributed by atoms with Crippen LogP contribution < -0.4 is 4.74 Å². The fourth-order valence-corrected chi connectivity index (χ4v) is 3.00. The molecule has 0 spiro atoms. The van der Waals surface area contributed by atoms with Crippen LogP contribution in [0.5, 0.6) is 6.01 Å². The van der Waals surface area contributed by atoms with Crippen molar-refractivity contribution in [2.45, 2.75) is 6.04 Å². The zero-order valence-corrected chi connectivity index (χ0v) is 12.7. The molecule has 2 aliphatic rings. The van der Waals surface area contributed by atoms with Crippen LogP contribution >= 0.6 is 0 Å². The Morgan fingerprint density at radius 3 is 2.81 bits per heavy atom. The van der Waals surface area contributed by atoms with Crippen molar-refractivity contribution in [3.05, 3.63) is 5.82 Å². The van der Waals surface area contributed by atoms with E-state index in [4.69, 9.17) is 9.47 Å². The van der Waals surface area contributed by atoms with Crippen molar-refractivity contribution in [2.75, 3.05) is 47.0 Å². The van der Waals surface area contributed by atoms with E-state index in [1.54, 1.807) is 7.05 Å². The first kappa shape index (κ1) is 14.3. The quantitative estimate of drug-likeness (QED) is 0.713. The Kier molecular flexibility index (Phi) is 3.81. The van der Waals surface area contributed by atoms with E-state index in [1.165, 1.54) is 11.8 Å². The number of rotatable bonds is 2. The number of aromatic nitrogens is 3. The van der Waals surface area contributed by atoms with Crippen molar-refractivity contribution in [3.8, 4) is 6.01 Å². The fraction of sp³-hybridized carbons (Fsp3) is 0.769. The van der Waals surface area contributed by atoms with Gasteiger partial charge in [0.1, 0.15) is 0 Å². The van der Waals surface area contributed by atoms with Crippen molar-refractivity contribution in [1.29, 1.82) is 0 Å². The number of carbonyl (C=O) groups excluding carboxylic acids is 1. The molecule has 0 aromatic carbocycles. The minimum absolute atomic E-state index is 0.138. The lowest BCUT2D eigenvalue weighted by Crippen LogP contribution is -2.45. The number of carbonyl (C=O) groups is 1. The smallest absolute Gasteiger partial charge is 0.314 e. The van der Waals surface area contributed by atoms with Gasteiger partial charge in [0.2, 0.25) is 5.82 Å². The molecule has 1 amide bonds. The van der Waals surface area contributed by atoms with Gasteiger partial charge in [-0.3, -0.25) is 9.69 Å². The number of hydrogen-bond acceptors (Lipinski definition) is 6. The van der Waals surface area contributed by atoms with Gasteiger partial charge < -0.3 is 14.4 Å². The van der Waals surface area contributed by atoms with Crippen molar-refractivity contribution < 1.29 is 14.3 Å². The summed E-state index contributed by atoms with van der Waals surface area (Å²) in [6.07, 6.45) is 0. The molecule has 0 saturated carbocycles. The van der Waals surface area contributed by atoms with Crippen LogP contribution in [0.25, 0.3) is 0 Å². The van der Waals surface area contributed by atoms with Gasteiger partial charge >= 0.3 is 6.01 Å². The highest BCUT2D eigenvalue weighted by atomic mass is 16.5. The van der Waals surface area contributed by atoms with Crippen molar-refractivity contribution in [3.63, 3.8) is 0 Å². The van der Waals surface area contributed by atoms with E-state index in [9.17, 15) is 4.79 Å². The summed E-state index contributed by atoms with van der Waals surface area (Å²) in [5.41, 5.74) is 0. The Morgan fingerprint density at radius 1 is 1.29 bits per heavy atom. The van der Waals surface area contributed by atoms with Crippen LogP contribution in [0.4, 0.5) is 0 Å². The highest BCUT2D eigenvalue weighted by Gasteiger charge is 2.34. The monoisotopic (exact) mass is 295 g/mol. The molecule has 2 atom stereocenters. The molecule has 21 heavy (non-hydrogen) atoms. The molecule has 8 nitrogen and oxygen atoms in total. The summed E-state index contributed by atoms with van der Waals surface area (Å²) >= 11 is 0. The Balaban J connectivity index is 1.80. The predicted octanol–water partition coefficient (Wildman–Crippen LogP) is -0.774. The molecule has 0 radical (unpaired) electrons. The topological polar surface area (TPSA) is 72.7 Å². The lowest BCUT2D eigenvalue weighted by Gasteiger charge is -2.28. The Bertz CT molecular complexity index is 532. The first-order valence-electron chi connectivity index (χ1n) is 7.10. The Morgan fingerprint density at radius 2 is 2.10 bits per heavy atom. The van der Waals surface area contributed by atoms with E-state index in [0.29, 0.717) is 38.2 Å². The van der Waals surface area contributed by atoms with E-state index in [1.807, 2.05) is 4.90 Å². The van der Waals surface area contributed by atoms with Crippen molar-refractivity contribution in [1.82, 2.24) is 24.6 Å². The van der Waals surface area contributed by atoms with Crippen LogP contribution in [0.1, 0.15) is 10.6 Å². The van der Waals surface area contributed by atoms with Gasteiger partial charge in [-0.05, 0) is 7.05 Å². The molecule has 0 unspecified atom stereocenters. The average molecular weight is 295 g/mol. The number of aryl methyl sites for hydroxylation is 1. The summed E-state index contributed by atoms with van der Waals surface area (Å²) < 4.78 is 12.2. The maximum Gasteiger partial charge on any atom is 0.314 e. The van der Waals surface area contributed by atoms with E-state index >= 15 is 0 Å². The normalized spacial score (nSPS) is 26.5. The van der Waals surface area contributed by atoms with Gasteiger partial charge in [0.05, 0.1) is 26.4 Å². The molecular formula is C13H21N5O3. The van der Waals surface area contributed by atoms with Crippen LogP contribution in [0.15, 0.2) is 0 Å². The zero-order chi connectivity index (χ0) is 15.0. The summed E-state index contributed by atoms with van der Waals surface area (Å²) in [7, 11) is 5.31. The van der Waals surface area contributed by atoms with Gasteiger partial charge in [-0.2, -0.15) is 4.98 Å². The molecule has 2 bridgehead atoms. The molecule has 2 aliphatic heterocycles. The van der Waals surface area contributed by atoms with Gasteiger partial charge in [0, 0.05) is 32.6 Å². The van der Waals surface area contributed by atoms with Gasteiger partial charge in [0.25, 0.3) is 5.91 Å². The molecule has 0 N–H and O–H groups in total. The molecule has 3 rings (SSSR count). The predicted molar refractivity (Wildman–Crippen MR) is 74.2 cm³/mol. The number of ether oxygens (including phenoxy) is 2. The molecule has 2 fully saturated rings. The number of fused-ring (bicyclic) bond motifs is 3. The molecular weight excluding hydrogens is 274 g/mol. The second-order valence-corrected chi connectivity index (χ2v) is 5.75. The van der Waals surface area contributed by atoms with Crippen LogP contribution in [-0.4, -0.2) is 83.5 Å². The van der Waals surface area contributed by atoms with Gasteiger partial charge in [-0.1, -0.05) is 0 Å². The second-order valence-electron chi connectivity index (χ2n) is 5.75. The molecule has 3 heterocycles. The van der Waals surface area contributed by atoms with E-state index in [2.05, 4.69) is 22.0 Å². The lowest BCUT2D eigenvalue weighted by atomic mass is 10.1. The van der Waals surface area contributed by atoms with Gasteiger partial charge in [-0.15, -0.1) is 5.10 Å². The van der Waals surface area contributed by atoms with Gasteiger partial charge in [-0.25, -0.2) is 4.68 Å². The summed E-state index contributed by atoms with van der Waals surface area (Å²) in [6, 6.07) is 0.570. The molecule has 1 aromatic rings. The number of hydrogen-bond donors (Lipinski definition) is 0. The number of methoxy groups -OCH3 is 1. The zero-order valence-electron chi connectivity index (χ0n) is 12.7. The summed E-state index contributed by atoms with van der Waals surface area (Å²) in [6.45, 7) is 3.64. The molecule has 2 saturated heterocycles. The number of nitrogens with zero attached hydrogens (tertiary/aromatic N) is 5. The van der Waals surface area contributed by atoms with Crippen molar-refractivity contribution in [2.24, 2.45) is 13.0 Å². The maximum atomic E-state index is 12.6. The van der Waals surface area contributed by atoms with E-state index in [-0.39, 0.29) is 17.8 Å². The average Bonchev–Trinajstić information content (AvgIpc) is 2.62. The number of likely N-dealkylation sites (N-methyl/N-ethyl adjacent to an activating group) is 1. The highest BCUT2D eigenvalue weighted by molar-refractivity contribution is 5.90. The van der Waals surface area contributed by atoms with Gasteiger partial charge in [0.15, 0.2) is 0 Å². The first-order chi connectivity index (χ1) is 10.1. The van der Waals surface area contributed by atoms with Crippen LogP contribution in [0, 0.1) is 5.92 Å². The minimum Gasteiger partial charge on any atom is -0.467 e. The summed E-state index contributed by atoms with van der Waals surface area (Å²) in [4.78, 5) is 20.9. The van der Waals surface area contributed by atoms with E-state index in [0.717, 1.165) is 6.54 Å². The largest absolute Gasteiger partial charge is 0.467 e. The molecule has 1 aromatic heterocycles. The second kappa shape index (κ2) is 5.61. The molecule has 0 aliphatic carbocycles. The van der Waals surface area contributed by atoms with Crippen LogP contribution in [-0.2, 0) is 11.8 Å². The molecule has 116 valence electrons. The first-order valence-corrected chi connectivity index (χ1v) is 7.10. The van der Waals surface area contributed by atoms with Crippen LogP contribution in [0.3, 0.4) is 0 Å². The Hall–Kier alpha value is -1.67. The standard InChI is InChI=1S/C13H21N5O3/c1-16-4-9-5-18(6-10(16)8-21-7-9)12(19)11-14-13(20-3)17(2)15-11/h9-10H,4-8H2,1-3H3/t9-,10+/m1/s1. The summed E-state index contributed by atoms with van der Waals surface area (Å²) in [5.74, 6) is 0.385. The maximum absolute atomic E-state index is 12.6. The van der Waals surface area contributed by atoms with E-state index < -0.39 is 0 Å². The van der Waals surface area contributed by atoms with Crippen LogP contribution in [0.2, 0.25) is 0 Å². The lowest BCUT2D eigenvalue weighted by molar-refractivity contribution is 0.0426.